The Balaban J connectivity index is 2.11. The highest BCUT2D eigenvalue weighted by Gasteiger charge is 2.29. The summed E-state index contributed by atoms with van der Waals surface area (Å²) in [4.78, 5) is 17.3. The number of pyridine rings is 1. The largest absolute Gasteiger partial charge is 0.338 e. The van der Waals surface area contributed by atoms with Gasteiger partial charge in [-0.2, -0.15) is 4.39 Å². The van der Waals surface area contributed by atoms with E-state index in [9.17, 15) is 9.18 Å². The van der Waals surface area contributed by atoms with Crippen molar-refractivity contribution in [2.24, 2.45) is 11.8 Å². The Hall–Kier alpha value is -1.45. The fourth-order valence-electron chi connectivity index (χ4n) is 1.98. The van der Waals surface area contributed by atoms with Gasteiger partial charge in [0.2, 0.25) is 5.95 Å². The van der Waals surface area contributed by atoms with Crippen LogP contribution >= 0.6 is 0 Å². The first-order valence-electron chi connectivity index (χ1n) is 5.48. The van der Waals surface area contributed by atoms with Gasteiger partial charge in [0.25, 0.3) is 5.91 Å². The van der Waals surface area contributed by atoms with Gasteiger partial charge in [0, 0.05) is 19.3 Å². The number of carbonyl (C=O) groups is 1. The second-order valence-electron chi connectivity index (χ2n) is 4.53. The van der Waals surface area contributed by atoms with E-state index in [0.29, 0.717) is 17.4 Å². The fourth-order valence-corrected chi connectivity index (χ4v) is 1.98. The van der Waals surface area contributed by atoms with Crippen molar-refractivity contribution < 1.29 is 9.18 Å². The van der Waals surface area contributed by atoms with Gasteiger partial charge in [-0.3, -0.25) is 4.79 Å². The van der Waals surface area contributed by atoms with Crippen molar-refractivity contribution in [2.45, 2.75) is 13.8 Å². The van der Waals surface area contributed by atoms with E-state index in [0.717, 1.165) is 13.1 Å². The number of likely N-dealkylation sites (tertiary alicyclic amines) is 1. The number of hydrogen-bond acceptors (Lipinski definition) is 2. The van der Waals surface area contributed by atoms with Crippen LogP contribution in [0.4, 0.5) is 4.39 Å². The first-order chi connectivity index (χ1) is 7.58. The minimum absolute atomic E-state index is 0.0521. The monoisotopic (exact) mass is 222 g/mol. The van der Waals surface area contributed by atoms with Crippen LogP contribution in [0.1, 0.15) is 24.2 Å². The molecule has 1 aromatic heterocycles. The molecule has 2 heterocycles. The lowest BCUT2D eigenvalue weighted by Gasteiger charge is -2.15. The lowest BCUT2D eigenvalue weighted by atomic mass is 10.0. The highest BCUT2D eigenvalue weighted by atomic mass is 19.1. The molecule has 1 fully saturated rings. The van der Waals surface area contributed by atoms with Gasteiger partial charge in [-0.1, -0.05) is 13.8 Å². The Labute approximate surface area is 94.3 Å². The highest BCUT2D eigenvalue weighted by molar-refractivity contribution is 5.94. The van der Waals surface area contributed by atoms with Crippen molar-refractivity contribution in [1.29, 1.82) is 0 Å². The van der Waals surface area contributed by atoms with Gasteiger partial charge in [0.1, 0.15) is 0 Å². The summed E-state index contributed by atoms with van der Waals surface area (Å²) in [5, 5.41) is 0. The zero-order valence-corrected chi connectivity index (χ0v) is 9.48. The molecule has 3 nitrogen and oxygen atoms in total. The van der Waals surface area contributed by atoms with Crippen LogP contribution in [-0.2, 0) is 0 Å². The molecular weight excluding hydrogens is 207 g/mol. The van der Waals surface area contributed by atoms with E-state index in [1.165, 1.54) is 18.3 Å². The van der Waals surface area contributed by atoms with Crippen molar-refractivity contribution in [3.05, 3.63) is 29.8 Å². The maximum atomic E-state index is 12.6. The minimum atomic E-state index is -0.556. The summed E-state index contributed by atoms with van der Waals surface area (Å²) in [7, 11) is 0. The fraction of sp³-hybridized carbons (Fsp3) is 0.500. The molecule has 0 aliphatic carbocycles. The zero-order chi connectivity index (χ0) is 11.7. The van der Waals surface area contributed by atoms with Crippen LogP contribution in [0.5, 0.6) is 0 Å². The molecule has 0 bridgehead atoms. The molecule has 2 rings (SSSR count). The van der Waals surface area contributed by atoms with Crippen molar-refractivity contribution in [1.82, 2.24) is 9.88 Å². The number of hydrogen-bond donors (Lipinski definition) is 0. The zero-order valence-electron chi connectivity index (χ0n) is 9.48. The third-order valence-corrected chi connectivity index (χ3v) is 3.25. The van der Waals surface area contributed by atoms with Crippen LogP contribution in [0.25, 0.3) is 0 Å². The smallest absolute Gasteiger partial charge is 0.255 e. The van der Waals surface area contributed by atoms with Gasteiger partial charge >= 0.3 is 0 Å². The second-order valence-corrected chi connectivity index (χ2v) is 4.53. The summed E-state index contributed by atoms with van der Waals surface area (Å²) < 4.78 is 12.6. The quantitative estimate of drug-likeness (QED) is 0.680. The molecule has 1 aromatic rings. The van der Waals surface area contributed by atoms with Crippen LogP contribution in [-0.4, -0.2) is 28.9 Å². The molecule has 0 N–H and O–H groups in total. The van der Waals surface area contributed by atoms with Gasteiger partial charge in [-0.25, -0.2) is 4.98 Å². The summed E-state index contributed by atoms with van der Waals surface area (Å²) >= 11 is 0. The first kappa shape index (κ1) is 11.0. The van der Waals surface area contributed by atoms with E-state index < -0.39 is 5.95 Å². The van der Waals surface area contributed by atoms with Gasteiger partial charge in [-0.05, 0) is 24.0 Å². The molecular formula is C12H15FN2O. The number of nitrogens with zero attached hydrogens (tertiary/aromatic N) is 2. The lowest BCUT2D eigenvalue weighted by molar-refractivity contribution is 0.0784. The van der Waals surface area contributed by atoms with Crippen LogP contribution in [0, 0.1) is 17.8 Å². The van der Waals surface area contributed by atoms with E-state index in [4.69, 9.17) is 0 Å². The molecule has 1 aliphatic heterocycles. The Bertz CT molecular complexity index is 381. The molecule has 2 unspecified atom stereocenters. The van der Waals surface area contributed by atoms with Gasteiger partial charge in [-0.15, -0.1) is 0 Å². The van der Waals surface area contributed by atoms with Gasteiger partial charge < -0.3 is 4.90 Å². The summed E-state index contributed by atoms with van der Waals surface area (Å²) in [6, 6.07) is 2.70. The normalized spacial score (nSPS) is 24.8. The minimum Gasteiger partial charge on any atom is -0.338 e. The number of halogens is 1. The topological polar surface area (TPSA) is 33.2 Å². The summed E-state index contributed by atoms with van der Waals surface area (Å²) in [5.74, 6) is 0.443. The van der Waals surface area contributed by atoms with E-state index in [2.05, 4.69) is 18.8 Å². The Morgan fingerprint density at radius 3 is 2.50 bits per heavy atom. The first-order valence-corrected chi connectivity index (χ1v) is 5.48. The molecule has 86 valence electrons. The molecule has 0 aromatic carbocycles. The molecule has 4 heteroatoms. The predicted molar refractivity (Wildman–Crippen MR) is 58.4 cm³/mol. The van der Waals surface area contributed by atoms with Crippen LogP contribution in [0.2, 0.25) is 0 Å². The number of amides is 1. The Morgan fingerprint density at radius 1 is 1.38 bits per heavy atom. The summed E-state index contributed by atoms with van der Waals surface area (Å²) in [6.07, 6.45) is 1.30. The van der Waals surface area contributed by atoms with Crippen molar-refractivity contribution in [3.63, 3.8) is 0 Å². The van der Waals surface area contributed by atoms with Gasteiger partial charge in [0.15, 0.2) is 0 Å². The third-order valence-electron chi connectivity index (χ3n) is 3.25. The molecule has 1 saturated heterocycles. The molecule has 0 radical (unpaired) electrons. The SMILES string of the molecule is CC1CN(C(=O)c2ccc(F)nc2)CC1C. The number of aromatic nitrogens is 1. The Morgan fingerprint density at radius 2 is 2.00 bits per heavy atom. The van der Waals surface area contributed by atoms with Crippen molar-refractivity contribution in [2.75, 3.05) is 13.1 Å². The predicted octanol–water partition coefficient (Wildman–Crippen LogP) is 1.95. The molecule has 0 spiro atoms. The Kier molecular flexibility index (Phi) is 2.90. The van der Waals surface area contributed by atoms with Crippen molar-refractivity contribution >= 4 is 5.91 Å². The average Bonchev–Trinajstić information content (AvgIpc) is 2.59. The maximum Gasteiger partial charge on any atom is 0.255 e. The molecule has 1 amide bonds. The van der Waals surface area contributed by atoms with Crippen molar-refractivity contribution in [3.8, 4) is 0 Å². The van der Waals surface area contributed by atoms with Crippen LogP contribution < -0.4 is 0 Å². The number of rotatable bonds is 1. The van der Waals surface area contributed by atoms with E-state index in [1.54, 1.807) is 0 Å². The molecule has 1 aliphatic rings. The third kappa shape index (κ3) is 2.05. The molecule has 16 heavy (non-hydrogen) atoms. The van der Waals surface area contributed by atoms with Crippen LogP contribution in [0.15, 0.2) is 18.3 Å². The standard InChI is InChI=1S/C12H15FN2O/c1-8-6-15(7-9(8)2)12(16)10-3-4-11(13)14-5-10/h3-5,8-9H,6-7H2,1-2H3. The lowest BCUT2D eigenvalue weighted by Crippen LogP contribution is -2.28. The maximum absolute atomic E-state index is 12.6. The molecule has 2 atom stereocenters. The van der Waals surface area contributed by atoms with Crippen LogP contribution in [0.3, 0.4) is 0 Å². The summed E-state index contributed by atoms with van der Waals surface area (Å²) in [6.45, 7) is 5.83. The van der Waals surface area contributed by atoms with Gasteiger partial charge in [0.05, 0.1) is 5.56 Å². The summed E-state index contributed by atoms with van der Waals surface area (Å²) in [5.41, 5.74) is 0.461. The highest BCUT2D eigenvalue weighted by Crippen LogP contribution is 2.23. The van der Waals surface area contributed by atoms with E-state index in [1.807, 2.05) is 4.90 Å². The van der Waals surface area contributed by atoms with E-state index in [-0.39, 0.29) is 5.91 Å². The second kappa shape index (κ2) is 4.20. The van der Waals surface area contributed by atoms with E-state index >= 15 is 0 Å². The molecule has 0 saturated carbocycles. The average molecular weight is 222 g/mol. The number of carbonyl (C=O) groups excluding carboxylic acids is 1.